The van der Waals surface area contributed by atoms with Crippen molar-refractivity contribution in [3.05, 3.63) is 48.4 Å². The number of carbonyl (C=O) groups excluding carboxylic acids is 1. The highest BCUT2D eigenvalue weighted by Gasteiger charge is 2.50. The maximum absolute atomic E-state index is 15.1. The lowest BCUT2D eigenvalue weighted by Crippen LogP contribution is -2.50. The lowest BCUT2D eigenvalue weighted by atomic mass is 9.78. The zero-order chi connectivity index (χ0) is 22.1. The zero-order valence-electron chi connectivity index (χ0n) is 18.3. The Morgan fingerprint density at radius 3 is 2.69 bits per heavy atom. The van der Waals surface area contributed by atoms with Crippen molar-refractivity contribution >= 4 is 11.6 Å². The first-order valence-electron chi connectivity index (χ1n) is 11.7. The molecule has 32 heavy (non-hydrogen) atoms. The van der Waals surface area contributed by atoms with Gasteiger partial charge >= 0.3 is 0 Å². The van der Waals surface area contributed by atoms with Crippen molar-refractivity contribution in [2.75, 3.05) is 24.5 Å². The highest BCUT2D eigenvalue weighted by molar-refractivity contribution is 5.86. The Morgan fingerprint density at radius 1 is 1.09 bits per heavy atom. The predicted molar refractivity (Wildman–Crippen MR) is 119 cm³/mol. The minimum absolute atomic E-state index is 0.221. The Labute approximate surface area is 188 Å². The average molecular weight is 440 g/mol. The van der Waals surface area contributed by atoms with E-state index >= 15 is 4.39 Å². The van der Waals surface area contributed by atoms with E-state index in [4.69, 9.17) is 4.74 Å². The van der Waals surface area contributed by atoms with Gasteiger partial charge in [0.2, 0.25) is 11.8 Å². The first-order chi connectivity index (χ1) is 15.5. The topological polar surface area (TPSA) is 65.9 Å². The Kier molecular flexibility index (Phi) is 5.76. The number of aliphatic hydroxyl groups is 1. The molecule has 1 aromatic carbocycles. The summed E-state index contributed by atoms with van der Waals surface area (Å²) in [6.45, 7) is 2.06. The van der Waals surface area contributed by atoms with E-state index in [2.05, 4.69) is 9.88 Å². The number of benzene rings is 1. The summed E-state index contributed by atoms with van der Waals surface area (Å²) in [6.07, 6.45) is 7.24. The van der Waals surface area contributed by atoms with Crippen LogP contribution >= 0.6 is 0 Å². The van der Waals surface area contributed by atoms with E-state index in [1.165, 1.54) is 6.07 Å². The van der Waals surface area contributed by atoms with Gasteiger partial charge in [0.15, 0.2) is 0 Å². The van der Waals surface area contributed by atoms with Gasteiger partial charge in [0.25, 0.3) is 0 Å². The molecule has 1 N–H and O–H groups in total. The summed E-state index contributed by atoms with van der Waals surface area (Å²) in [5.41, 5.74) is 0.0913. The van der Waals surface area contributed by atoms with Crippen molar-refractivity contribution in [1.82, 2.24) is 9.88 Å². The Morgan fingerprint density at radius 2 is 1.94 bits per heavy atom. The predicted octanol–water partition coefficient (Wildman–Crippen LogP) is 4.14. The minimum atomic E-state index is -0.427. The van der Waals surface area contributed by atoms with Gasteiger partial charge in [-0.25, -0.2) is 9.37 Å². The fourth-order valence-corrected chi connectivity index (χ4v) is 5.62. The molecule has 2 aliphatic heterocycles. The Hall–Kier alpha value is -2.67. The zero-order valence-corrected chi connectivity index (χ0v) is 18.3. The third-order valence-corrected chi connectivity index (χ3v) is 7.35. The van der Waals surface area contributed by atoms with E-state index < -0.39 is 5.41 Å². The first-order valence-corrected chi connectivity index (χ1v) is 11.7. The highest BCUT2D eigenvalue weighted by atomic mass is 19.1. The monoisotopic (exact) mass is 439 g/mol. The number of ether oxygens (including phenoxy) is 1. The summed E-state index contributed by atoms with van der Waals surface area (Å²) in [6, 6.07) is 10.5. The quantitative estimate of drug-likeness (QED) is 0.776. The van der Waals surface area contributed by atoms with E-state index in [-0.39, 0.29) is 23.9 Å². The Balaban J connectivity index is 1.29. The molecule has 1 spiro atoms. The van der Waals surface area contributed by atoms with E-state index in [9.17, 15) is 9.90 Å². The van der Waals surface area contributed by atoms with Gasteiger partial charge in [-0.3, -0.25) is 4.79 Å². The number of carbonyl (C=O) groups is 1. The lowest BCUT2D eigenvalue weighted by Gasteiger charge is -2.41. The highest BCUT2D eigenvalue weighted by Crippen LogP contribution is 2.44. The van der Waals surface area contributed by atoms with Crippen LogP contribution in [0.15, 0.2) is 42.6 Å². The summed E-state index contributed by atoms with van der Waals surface area (Å²) in [5.74, 6) is 0.695. The molecule has 6 nitrogen and oxygen atoms in total. The van der Waals surface area contributed by atoms with Gasteiger partial charge in [0, 0.05) is 44.0 Å². The van der Waals surface area contributed by atoms with E-state index in [0.29, 0.717) is 23.9 Å². The van der Waals surface area contributed by atoms with Gasteiger partial charge in [0.05, 0.1) is 17.2 Å². The largest absolute Gasteiger partial charge is 0.439 e. The molecule has 2 aromatic rings. The maximum Gasteiger partial charge on any atom is 0.230 e. The van der Waals surface area contributed by atoms with Gasteiger partial charge in [-0.1, -0.05) is 6.07 Å². The van der Waals surface area contributed by atoms with Crippen molar-refractivity contribution in [2.24, 2.45) is 5.41 Å². The molecular weight excluding hydrogens is 409 g/mol. The summed E-state index contributed by atoms with van der Waals surface area (Å²) < 4.78 is 20.7. The third kappa shape index (κ3) is 4.06. The van der Waals surface area contributed by atoms with E-state index in [1.54, 1.807) is 30.5 Å². The number of anilines is 1. The molecule has 0 unspecified atom stereocenters. The molecule has 1 aliphatic carbocycles. The van der Waals surface area contributed by atoms with Crippen molar-refractivity contribution in [2.45, 2.75) is 57.1 Å². The molecule has 0 radical (unpaired) electrons. The van der Waals surface area contributed by atoms with Crippen LogP contribution in [0.1, 0.15) is 44.9 Å². The number of rotatable bonds is 4. The summed E-state index contributed by atoms with van der Waals surface area (Å²) in [4.78, 5) is 21.7. The summed E-state index contributed by atoms with van der Waals surface area (Å²) in [7, 11) is 0. The Bertz CT molecular complexity index is 964. The third-order valence-electron chi connectivity index (χ3n) is 7.35. The number of piperidine rings is 1. The normalized spacial score (nSPS) is 28.4. The van der Waals surface area contributed by atoms with E-state index in [0.717, 1.165) is 58.0 Å². The fourth-order valence-electron chi connectivity index (χ4n) is 5.62. The number of amides is 1. The van der Waals surface area contributed by atoms with E-state index in [1.807, 2.05) is 11.0 Å². The van der Waals surface area contributed by atoms with Crippen molar-refractivity contribution in [3.63, 3.8) is 0 Å². The molecular formula is C25H30FN3O3. The van der Waals surface area contributed by atoms with Crippen LogP contribution in [0.25, 0.3) is 0 Å². The number of aliphatic hydroxyl groups excluding tert-OH is 1. The van der Waals surface area contributed by atoms with Crippen LogP contribution < -0.4 is 9.64 Å². The first kappa shape index (κ1) is 21.2. The summed E-state index contributed by atoms with van der Waals surface area (Å²) >= 11 is 0. The van der Waals surface area contributed by atoms with Gasteiger partial charge in [-0.05, 0) is 63.1 Å². The van der Waals surface area contributed by atoms with Gasteiger partial charge in [-0.15, -0.1) is 0 Å². The van der Waals surface area contributed by atoms with Gasteiger partial charge in [-0.2, -0.15) is 0 Å². The van der Waals surface area contributed by atoms with Gasteiger partial charge < -0.3 is 19.6 Å². The average Bonchev–Trinajstić information content (AvgIpc) is 3.10. The lowest BCUT2D eigenvalue weighted by molar-refractivity contribution is -0.139. The molecule has 3 aliphatic rings. The molecule has 1 atom stereocenters. The molecule has 1 aromatic heterocycles. The molecule has 3 heterocycles. The number of nitrogens with zero attached hydrogens (tertiary/aromatic N) is 3. The minimum Gasteiger partial charge on any atom is -0.439 e. The van der Waals surface area contributed by atoms with Crippen LogP contribution in [0.3, 0.4) is 0 Å². The van der Waals surface area contributed by atoms with Crippen molar-refractivity contribution in [3.8, 4) is 11.6 Å². The van der Waals surface area contributed by atoms with Crippen LogP contribution in [-0.4, -0.2) is 52.7 Å². The van der Waals surface area contributed by atoms with Gasteiger partial charge in [0.1, 0.15) is 11.6 Å². The second-order valence-electron chi connectivity index (χ2n) is 9.40. The molecule has 3 fully saturated rings. The number of hydrogen-bond acceptors (Lipinski definition) is 5. The number of likely N-dealkylation sites (tertiary alicyclic amines) is 1. The van der Waals surface area contributed by atoms with Crippen molar-refractivity contribution < 1.29 is 19.0 Å². The SMILES string of the molecule is O=C1N(C2CCC(O)CC2)CC[C@@]12CCCN(c1ccc(Oc3ccccn3)cc1F)C2. The second kappa shape index (κ2) is 8.70. The van der Waals surface area contributed by atoms with Crippen molar-refractivity contribution in [1.29, 1.82) is 0 Å². The molecule has 7 heteroatoms. The second-order valence-corrected chi connectivity index (χ2v) is 9.40. The number of aromatic nitrogens is 1. The van der Waals surface area contributed by atoms with Crippen LogP contribution in [0.4, 0.5) is 10.1 Å². The number of hydrogen-bond donors (Lipinski definition) is 1. The van der Waals surface area contributed by atoms with Crippen LogP contribution in [0.2, 0.25) is 0 Å². The fraction of sp³-hybridized carbons (Fsp3) is 0.520. The molecule has 2 saturated heterocycles. The molecule has 0 bridgehead atoms. The maximum atomic E-state index is 15.1. The number of halogens is 1. The smallest absolute Gasteiger partial charge is 0.230 e. The van der Waals surface area contributed by atoms with Crippen LogP contribution in [0, 0.1) is 11.2 Å². The number of pyridine rings is 1. The summed E-state index contributed by atoms with van der Waals surface area (Å²) in [5, 5.41) is 9.81. The van der Waals surface area contributed by atoms with Crippen LogP contribution in [0.5, 0.6) is 11.6 Å². The van der Waals surface area contributed by atoms with Crippen LogP contribution in [-0.2, 0) is 4.79 Å². The molecule has 5 rings (SSSR count). The molecule has 170 valence electrons. The standard InChI is InChI=1S/C25H30FN3O3/c26-21-16-20(32-23-4-1-2-13-27-23)9-10-22(21)28-14-3-11-25(17-28)12-15-29(24(25)31)18-5-7-19(30)8-6-18/h1-2,4,9-10,13,16,18-19,30H,3,5-8,11-12,14-15,17H2/t18?,19?,25-/m1/s1. The molecule has 1 saturated carbocycles. The molecule has 1 amide bonds.